The van der Waals surface area contributed by atoms with Crippen LogP contribution in [-0.4, -0.2) is 33.5 Å². The van der Waals surface area contributed by atoms with Crippen LogP contribution >= 0.6 is 0 Å². The summed E-state index contributed by atoms with van der Waals surface area (Å²) in [6.45, 7) is 6.87. The van der Waals surface area contributed by atoms with Crippen LogP contribution in [-0.2, 0) is 9.31 Å². The molecule has 0 amide bonds. The highest BCUT2D eigenvalue weighted by atomic mass is 16.6. The lowest BCUT2D eigenvalue weighted by molar-refractivity contribution is 0.0342. The number of hydrogen-bond acceptors (Lipinski definition) is 4. The largest absolute Gasteiger partial charge is 0.494 e. The number of fused-ring (bicyclic) bond motifs is 1. The Labute approximate surface area is 107 Å². The predicted octanol–water partition coefficient (Wildman–Crippen LogP) is 1.23. The lowest BCUT2D eigenvalue weighted by atomic mass is 9.76. The average molecular weight is 248 g/mol. The van der Waals surface area contributed by atoms with Crippen LogP contribution in [0.15, 0.2) is 18.2 Å². The van der Waals surface area contributed by atoms with Gasteiger partial charge >= 0.3 is 7.12 Å². The molecule has 2 heterocycles. The zero-order valence-corrected chi connectivity index (χ0v) is 10.8. The zero-order chi connectivity index (χ0) is 12.6. The van der Waals surface area contributed by atoms with Crippen LogP contribution in [0.5, 0.6) is 11.5 Å². The Morgan fingerprint density at radius 2 is 1.67 bits per heavy atom. The molecule has 0 bridgehead atoms. The summed E-state index contributed by atoms with van der Waals surface area (Å²) in [7, 11) is -0.297. The second-order valence-electron chi connectivity index (χ2n) is 5.52. The quantitative estimate of drug-likeness (QED) is 0.700. The summed E-state index contributed by atoms with van der Waals surface area (Å²) in [5, 5.41) is 0. The van der Waals surface area contributed by atoms with Crippen molar-refractivity contribution in [3.05, 3.63) is 18.2 Å². The summed E-state index contributed by atoms with van der Waals surface area (Å²) in [5.41, 5.74) is 1.07. The molecule has 0 unspecified atom stereocenters. The van der Waals surface area contributed by atoms with Crippen LogP contribution in [0.2, 0.25) is 0 Å². The monoisotopic (exact) mass is 248 g/mol. The summed E-state index contributed by atoms with van der Waals surface area (Å²) < 4.78 is 22.6. The van der Waals surface area contributed by atoms with E-state index in [1.54, 1.807) is 0 Å². The van der Waals surface area contributed by atoms with Crippen LogP contribution in [0.3, 0.4) is 0 Å². The lowest BCUT2D eigenvalue weighted by Crippen LogP contribution is -2.47. The van der Waals surface area contributed by atoms with Crippen molar-refractivity contribution >= 4 is 12.6 Å². The van der Waals surface area contributed by atoms with E-state index < -0.39 is 0 Å². The van der Waals surface area contributed by atoms with Crippen LogP contribution in [0.1, 0.15) is 13.8 Å². The third-order valence-electron chi connectivity index (χ3n) is 3.09. The summed E-state index contributed by atoms with van der Waals surface area (Å²) >= 11 is 0. The van der Waals surface area contributed by atoms with Gasteiger partial charge in [0, 0.05) is 18.6 Å². The summed E-state index contributed by atoms with van der Waals surface area (Å²) in [6, 6.07) is 5.82. The van der Waals surface area contributed by atoms with Gasteiger partial charge in [0.15, 0.2) is 11.5 Å². The molecule has 1 saturated heterocycles. The normalized spacial score (nSPS) is 21.8. The maximum absolute atomic E-state index is 5.75. The van der Waals surface area contributed by atoms with E-state index in [1.165, 1.54) is 0 Å². The zero-order valence-electron chi connectivity index (χ0n) is 10.8. The topological polar surface area (TPSA) is 36.9 Å². The first-order valence-corrected chi connectivity index (χ1v) is 6.27. The molecule has 0 atom stereocenters. The first kappa shape index (κ1) is 11.9. The van der Waals surface area contributed by atoms with Gasteiger partial charge < -0.3 is 18.8 Å². The number of ether oxygens (including phenoxy) is 2. The minimum atomic E-state index is -0.297. The SMILES string of the molecule is CC1(C)COB(c2ccc3c(c2)OCCO3)OC1. The van der Waals surface area contributed by atoms with Gasteiger partial charge in [-0.2, -0.15) is 0 Å². The van der Waals surface area contributed by atoms with E-state index in [0.717, 1.165) is 17.0 Å². The Hall–Kier alpha value is -1.20. The minimum absolute atomic E-state index is 0.0876. The fraction of sp³-hybridized carbons (Fsp3) is 0.538. The fourth-order valence-corrected chi connectivity index (χ4v) is 2.09. The molecule has 96 valence electrons. The molecule has 1 aromatic carbocycles. The summed E-state index contributed by atoms with van der Waals surface area (Å²) in [4.78, 5) is 0. The molecule has 1 aromatic rings. The molecule has 0 aliphatic carbocycles. The molecule has 0 N–H and O–H groups in total. The van der Waals surface area contributed by atoms with E-state index in [2.05, 4.69) is 13.8 Å². The maximum atomic E-state index is 5.75. The molecule has 2 aliphatic heterocycles. The van der Waals surface area contributed by atoms with E-state index in [0.29, 0.717) is 26.4 Å². The van der Waals surface area contributed by atoms with Crippen molar-refractivity contribution in [2.75, 3.05) is 26.4 Å². The van der Waals surface area contributed by atoms with Gasteiger partial charge in [-0.1, -0.05) is 19.9 Å². The Balaban J connectivity index is 1.77. The molecule has 0 radical (unpaired) electrons. The van der Waals surface area contributed by atoms with Gasteiger partial charge in [0.2, 0.25) is 0 Å². The lowest BCUT2D eigenvalue weighted by Gasteiger charge is -2.33. The molecule has 0 spiro atoms. The molecule has 2 aliphatic rings. The van der Waals surface area contributed by atoms with Crippen molar-refractivity contribution in [3.8, 4) is 11.5 Å². The highest BCUT2D eigenvalue weighted by molar-refractivity contribution is 6.61. The summed E-state index contributed by atoms with van der Waals surface area (Å²) in [6.07, 6.45) is 0. The molecule has 0 aromatic heterocycles. The van der Waals surface area contributed by atoms with Crippen molar-refractivity contribution in [1.29, 1.82) is 0 Å². The number of benzene rings is 1. The molecular formula is C13H17BO4. The highest BCUT2D eigenvalue weighted by Crippen LogP contribution is 2.29. The smallest absolute Gasteiger partial charge is 0.486 e. The first-order valence-electron chi connectivity index (χ1n) is 6.27. The standard InChI is InChI=1S/C13H17BO4/c1-13(2)8-17-14(18-9-13)10-3-4-11-12(7-10)16-6-5-15-11/h3-4,7H,5-6,8-9H2,1-2H3. The molecule has 4 nitrogen and oxygen atoms in total. The third kappa shape index (κ3) is 2.33. The molecule has 18 heavy (non-hydrogen) atoms. The van der Waals surface area contributed by atoms with E-state index in [-0.39, 0.29) is 12.5 Å². The van der Waals surface area contributed by atoms with Crippen molar-refractivity contribution in [1.82, 2.24) is 0 Å². The molecular weight excluding hydrogens is 231 g/mol. The minimum Gasteiger partial charge on any atom is -0.486 e. The molecule has 1 fully saturated rings. The van der Waals surface area contributed by atoms with Gasteiger partial charge in [-0.3, -0.25) is 0 Å². The van der Waals surface area contributed by atoms with E-state index in [1.807, 2.05) is 18.2 Å². The molecule has 0 saturated carbocycles. The summed E-state index contributed by atoms with van der Waals surface area (Å²) in [5.74, 6) is 1.57. The first-order chi connectivity index (χ1) is 8.64. The Morgan fingerprint density at radius 1 is 1.00 bits per heavy atom. The van der Waals surface area contributed by atoms with Gasteiger partial charge in [0.1, 0.15) is 13.2 Å². The van der Waals surface area contributed by atoms with E-state index in [4.69, 9.17) is 18.8 Å². The highest BCUT2D eigenvalue weighted by Gasteiger charge is 2.34. The van der Waals surface area contributed by atoms with E-state index in [9.17, 15) is 0 Å². The van der Waals surface area contributed by atoms with Gasteiger partial charge in [0.05, 0.1) is 0 Å². The van der Waals surface area contributed by atoms with Gasteiger partial charge in [0.25, 0.3) is 0 Å². The number of rotatable bonds is 1. The average Bonchev–Trinajstić information content (AvgIpc) is 2.38. The van der Waals surface area contributed by atoms with Gasteiger partial charge in [-0.05, 0) is 17.6 Å². The van der Waals surface area contributed by atoms with Crippen LogP contribution in [0.25, 0.3) is 0 Å². The number of hydrogen-bond donors (Lipinski definition) is 0. The van der Waals surface area contributed by atoms with Gasteiger partial charge in [-0.25, -0.2) is 0 Å². The van der Waals surface area contributed by atoms with Crippen molar-refractivity contribution in [3.63, 3.8) is 0 Å². The molecule has 5 heteroatoms. The third-order valence-corrected chi connectivity index (χ3v) is 3.09. The second-order valence-corrected chi connectivity index (χ2v) is 5.52. The van der Waals surface area contributed by atoms with E-state index >= 15 is 0 Å². The second kappa shape index (κ2) is 4.48. The molecule has 3 rings (SSSR count). The van der Waals surface area contributed by atoms with Crippen molar-refractivity contribution in [2.45, 2.75) is 13.8 Å². The Kier molecular flexibility index (Phi) is 2.96. The van der Waals surface area contributed by atoms with Crippen LogP contribution in [0, 0.1) is 5.41 Å². The maximum Gasteiger partial charge on any atom is 0.494 e. The Morgan fingerprint density at radius 3 is 2.39 bits per heavy atom. The predicted molar refractivity (Wildman–Crippen MR) is 68.5 cm³/mol. The Bertz CT molecular complexity index is 437. The van der Waals surface area contributed by atoms with Crippen molar-refractivity contribution < 1.29 is 18.8 Å². The van der Waals surface area contributed by atoms with Crippen LogP contribution < -0.4 is 14.9 Å². The van der Waals surface area contributed by atoms with Crippen LogP contribution in [0.4, 0.5) is 0 Å². The van der Waals surface area contributed by atoms with Gasteiger partial charge in [-0.15, -0.1) is 0 Å². The van der Waals surface area contributed by atoms with Crippen molar-refractivity contribution in [2.24, 2.45) is 5.41 Å². The fourth-order valence-electron chi connectivity index (χ4n) is 2.09.